The lowest BCUT2D eigenvalue weighted by Crippen LogP contribution is -2.40. The van der Waals surface area contributed by atoms with Crippen LogP contribution in [0.2, 0.25) is 0 Å². The predicted octanol–water partition coefficient (Wildman–Crippen LogP) is 2.63. The fourth-order valence-electron chi connectivity index (χ4n) is 1.86. The maximum atomic E-state index is 13.0. The van der Waals surface area contributed by atoms with E-state index in [-0.39, 0.29) is 12.2 Å². The Balaban J connectivity index is 1.80. The van der Waals surface area contributed by atoms with Crippen molar-refractivity contribution in [1.82, 2.24) is 5.32 Å². The van der Waals surface area contributed by atoms with E-state index >= 15 is 0 Å². The lowest BCUT2D eigenvalue weighted by atomic mass is 10.3. The molecule has 8 heteroatoms. The predicted molar refractivity (Wildman–Crippen MR) is 84.5 cm³/mol. The minimum atomic E-state index is -1.09. The number of carbonyl (C=O) groups excluding carboxylic acids is 2. The van der Waals surface area contributed by atoms with Crippen molar-refractivity contribution < 1.29 is 27.5 Å². The first-order valence-electron chi connectivity index (χ1n) is 7.30. The molecular weight excluding hydrogens is 337 g/mol. The molecule has 0 aliphatic carbocycles. The summed E-state index contributed by atoms with van der Waals surface area (Å²) in [6, 6.07) is 8.02. The molecule has 0 fully saturated rings. The van der Waals surface area contributed by atoms with Gasteiger partial charge in [0.05, 0.1) is 6.54 Å². The lowest BCUT2D eigenvalue weighted by molar-refractivity contribution is -0.129. The molecule has 2 rings (SSSR count). The second-order valence-electron chi connectivity index (χ2n) is 5.11. The standard InChI is InChI=1S/C17H15F3N2O3/c1-10(25-13-5-2-11(18)3-6-13)17(24)21-9-16(23)22-12-4-7-14(19)15(20)8-12/h2-8,10H,9H2,1H3,(H,21,24)(H,22,23)/t10-/m1/s1. The summed E-state index contributed by atoms with van der Waals surface area (Å²) in [5.74, 6) is -3.44. The maximum Gasteiger partial charge on any atom is 0.261 e. The van der Waals surface area contributed by atoms with Gasteiger partial charge in [-0.2, -0.15) is 0 Å². The van der Waals surface area contributed by atoms with Crippen molar-refractivity contribution in [3.8, 4) is 5.75 Å². The normalized spacial score (nSPS) is 11.5. The average molecular weight is 352 g/mol. The Bertz CT molecular complexity index is 766. The quantitative estimate of drug-likeness (QED) is 0.840. The Hall–Kier alpha value is -3.03. The Kier molecular flexibility index (Phi) is 5.99. The molecule has 0 aliphatic rings. The molecule has 0 aliphatic heterocycles. The van der Waals surface area contributed by atoms with Crippen molar-refractivity contribution >= 4 is 17.5 Å². The van der Waals surface area contributed by atoms with Crippen LogP contribution >= 0.6 is 0 Å². The van der Waals surface area contributed by atoms with Crippen LogP contribution in [0, 0.1) is 17.5 Å². The van der Waals surface area contributed by atoms with Crippen LogP contribution in [0.1, 0.15) is 6.92 Å². The van der Waals surface area contributed by atoms with Gasteiger partial charge in [-0.1, -0.05) is 0 Å². The number of hydrogen-bond donors (Lipinski definition) is 2. The number of ether oxygens (including phenoxy) is 1. The number of anilines is 1. The lowest BCUT2D eigenvalue weighted by Gasteiger charge is -2.14. The minimum Gasteiger partial charge on any atom is -0.481 e. The summed E-state index contributed by atoms with van der Waals surface area (Å²) in [6.07, 6.45) is -0.915. The van der Waals surface area contributed by atoms with Gasteiger partial charge in [0.15, 0.2) is 17.7 Å². The summed E-state index contributed by atoms with van der Waals surface area (Å²) in [7, 11) is 0. The van der Waals surface area contributed by atoms with Gasteiger partial charge in [-0.3, -0.25) is 9.59 Å². The van der Waals surface area contributed by atoms with Crippen molar-refractivity contribution in [1.29, 1.82) is 0 Å². The molecule has 0 bridgehead atoms. The van der Waals surface area contributed by atoms with Crippen molar-refractivity contribution in [2.45, 2.75) is 13.0 Å². The summed E-state index contributed by atoms with van der Waals surface area (Å²) in [5, 5.41) is 4.66. The molecule has 0 unspecified atom stereocenters. The fourth-order valence-corrected chi connectivity index (χ4v) is 1.86. The molecule has 132 valence electrons. The van der Waals surface area contributed by atoms with Crippen molar-refractivity contribution in [2.24, 2.45) is 0 Å². The smallest absolute Gasteiger partial charge is 0.261 e. The molecule has 0 saturated heterocycles. The number of nitrogens with one attached hydrogen (secondary N) is 2. The van der Waals surface area contributed by atoms with E-state index in [1.165, 1.54) is 37.3 Å². The molecule has 0 saturated carbocycles. The molecule has 25 heavy (non-hydrogen) atoms. The number of halogens is 3. The van der Waals surface area contributed by atoms with Gasteiger partial charge < -0.3 is 15.4 Å². The van der Waals surface area contributed by atoms with Gasteiger partial charge in [-0.05, 0) is 43.3 Å². The number of carbonyl (C=O) groups is 2. The first kappa shape index (κ1) is 18.3. The van der Waals surface area contributed by atoms with Crippen molar-refractivity contribution in [2.75, 3.05) is 11.9 Å². The Labute approximate surface area is 141 Å². The highest BCUT2D eigenvalue weighted by Gasteiger charge is 2.16. The highest BCUT2D eigenvalue weighted by molar-refractivity contribution is 5.95. The highest BCUT2D eigenvalue weighted by Crippen LogP contribution is 2.14. The number of amides is 2. The molecule has 2 aromatic rings. The molecule has 0 radical (unpaired) electrons. The monoisotopic (exact) mass is 352 g/mol. The van der Waals surface area contributed by atoms with Crippen LogP contribution in [0.4, 0.5) is 18.9 Å². The van der Waals surface area contributed by atoms with Crippen LogP contribution in [-0.2, 0) is 9.59 Å². The van der Waals surface area contributed by atoms with Gasteiger partial charge in [0.25, 0.3) is 5.91 Å². The first-order valence-corrected chi connectivity index (χ1v) is 7.30. The summed E-state index contributed by atoms with van der Waals surface area (Å²) >= 11 is 0. The van der Waals surface area contributed by atoms with E-state index in [2.05, 4.69) is 10.6 Å². The van der Waals surface area contributed by atoms with Crippen LogP contribution in [0.3, 0.4) is 0 Å². The van der Waals surface area contributed by atoms with Gasteiger partial charge in [0.2, 0.25) is 5.91 Å². The highest BCUT2D eigenvalue weighted by atomic mass is 19.2. The van der Waals surface area contributed by atoms with Gasteiger partial charge >= 0.3 is 0 Å². The van der Waals surface area contributed by atoms with E-state index in [4.69, 9.17) is 4.74 Å². The summed E-state index contributed by atoms with van der Waals surface area (Å²) in [5.41, 5.74) is 0.0637. The van der Waals surface area contributed by atoms with Gasteiger partial charge in [0.1, 0.15) is 11.6 Å². The van der Waals surface area contributed by atoms with Crippen molar-refractivity contribution in [3.05, 3.63) is 59.9 Å². The largest absolute Gasteiger partial charge is 0.481 e. The van der Waals surface area contributed by atoms with Gasteiger partial charge in [-0.15, -0.1) is 0 Å². The van der Waals surface area contributed by atoms with E-state index < -0.39 is 35.4 Å². The summed E-state index contributed by atoms with van der Waals surface area (Å²) < 4.78 is 43.9. The zero-order valence-corrected chi connectivity index (χ0v) is 13.2. The van der Waals surface area contributed by atoms with E-state index in [1.807, 2.05) is 0 Å². The Morgan fingerprint density at radius 3 is 2.36 bits per heavy atom. The van der Waals surface area contributed by atoms with Crippen LogP contribution in [0.15, 0.2) is 42.5 Å². The third kappa shape index (κ3) is 5.52. The topological polar surface area (TPSA) is 67.4 Å². The third-order valence-electron chi connectivity index (χ3n) is 3.12. The summed E-state index contributed by atoms with van der Waals surface area (Å²) in [4.78, 5) is 23.6. The molecule has 2 amide bonds. The van der Waals surface area contributed by atoms with Gasteiger partial charge in [0, 0.05) is 11.8 Å². The molecule has 0 aromatic heterocycles. The van der Waals surface area contributed by atoms with Crippen molar-refractivity contribution in [3.63, 3.8) is 0 Å². The molecular formula is C17H15F3N2O3. The number of rotatable bonds is 6. The third-order valence-corrected chi connectivity index (χ3v) is 3.12. The fraction of sp³-hybridized carbons (Fsp3) is 0.176. The minimum absolute atomic E-state index is 0.0637. The summed E-state index contributed by atoms with van der Waals surface area (Å²) in [6.45, 7) is 1.08. The second kappa shape index (κ2) is 8.18. The van der Waals surface area contributed by atoms with E-state index in [9.17, 15) is 22.8 Å². The first-order chi connectivity index (χ1) is 11.8. The average Bonchev–Trinajstić information content (AvgIpc) is 2.58. The van der Waals surface area contributed by atoms with Gasteiger partial charge in [-0.25, -0.2) is 13.2 Å². The van der Waals surface area contributed by atoms with E-state index in [1.54, 1.807) is 0 Å². The van der Waals surface area contributed by atoms with Crippen LogP contribution in [0.5, 0.6) is 5.75 Å². The SMILES string of the molecule is C[C@@H](Oc1ccc(F)cc1)C(=O)NCC(=O)Nc1ccc(F)c(F)c1. The van der Waals surface area contributed by atoms with Crippen LogP contribution in [-0.4, -0.2) is 24.5 Å². The van der Waals surface area contributed by atoms with Crippen LogP contribution in [0.25, 0.3) is 0 Å². The number of hydrogen-bond acceptors (Lipinski definition) is 3. The van der Waals surface area contributed by atoms with E-state index in [0.29, 0.717) is 5.75 Å². The maximum absolute atomic E-state index is 13.0. The molecule has 1 atom stereocenters. The molecule has 5 nitrogen and oxygen atoms in total. The molecule has 0 heterocycles. The molecule has 2 N–H and O–H groups in total. The molecule has 0 spiro atoms. The Morgan fingerprint density at radius 1 is 1.04 bits per heavy atom. The Morgan fingerprint density at radius 2 is 1.72 bits per heavy atom. The van der Waals surface area contributed by atoms with Crippen LogP contribution < -0.4 is 15.4 Å². The zero-order valence-electron chi connectivity index (χ0n) is 13.2. The number of benzene rings is 2. The van der Waals surface area contributed by atoms with E-state index in [0.717, 1.165) is 12.1 Å². The zero-order chi connectivity index (χ0) is 18.4. The molecule has 2 aromatic carbocycles. The second-order valence-corrected chi connectivity index (χ2v) is 5.11.